The van der Waals surface area contributed by atoms with Crippen molar-refractivity contribution >= 4 is 17.2 Å². The molecule has 3 heterocycles. The van der Waals surface area contributed by atoms with Crippen molar-refractivity contribution in [3.8, 4) is 10.6 Å². The van der Waals surface area contributed by atoms with Gasteiger partial charge in [-0.05, 0) is 49.1 Å². The number of rotatable bonds is 4. The van der Waals surface area contributed by atoms with E-state index >= 15 is 0 Å². The third-order valence-corrected chi connectivity index (χ3v) is 6.25. The molecule has 0 aromatic carbocycles. The Labute approximate surface area is 151 Å². The van der Waals surface area contributed by atoms with Crippen molar-refractivity contribution in [3.63, 3.8) is 0 Å². The third-order valence-electron chi connectivity index (χ3n) is 5.36. The highest BCUT2D eigenvalue weighted by Gasteiger charge is 2.32. The molecule has 5 nitrogen and oxygen atoms in total. The van der Waals surface area contributed by atoms with Crippen molar-refractivity contribution in [2.75, 3.05) is 13.1 Å². The standard InChI is InChI=1S/C19H23N3O2S/c23-18-9-8-16(17-7-3-11-25-17)20-22(18)13-14-4-2-10-21(12-14)19(24)15-5-1-6-15/h3,7-9,11,14-15H,1-2,4-6,10,12-13H2/t14-/m0/s1. The van der Waals surface area contributed by atoms with Crippen LogP contribution in [0, 0.1) is 11.8 Å². The van der Waals surface area contributed by atoms with Gasteiger partial charge in [0.2, 0.25) is 5.91 Å². The SMILES string of the molecule is O=C(C1CCC1)N1CCC[C@H](Cn2nc(-c3cccs3)ccc2=O)C1. The van der Waals surface area contributed by atoms with E-state index in [4.69, 9.17) is 0 Å². The quantitative estimate of drug-likeness (QED) is 0.845. The van der Waals surface area contributed by atoms with Gasteiger partial charge in [0, 0.05) is 31.6 Å². The van der Waals surface area contributed by atoms with E-state index < -0.39 is 0 Å². The number of amides is 1. The molecule has 1 aliphatic heterocycles. The number of likely N-dealkylation sites (tertiary alicyclic amines) is 1. The minimum Gasteiger partial charge on any atom is -0.342 e. The molecule has 1 saturated carbocycles. The van der Waals surface area contributed by atoms with Crippen molar-refractivity contribution in [1.82, 2.24) is 14.7 Å². The van der Waals surface area contributed by atoms with Crippen LogP contribution in [0.3, 0.4) is 0 Å². The number of carbonyl (C=O) groups is 1. The number of nitrogens with zero attached hydrogens (tertiary/aromatic N) is 3. The van der Waals surface area contributed by atoms with E-state index in [0.717, 1.165) is 49.3 Å². The normalized spacial score (nSPS) is 21.1. The molecule has 0 spiro atoms. The van der Waals surface area contributed by atoms with Crippen molar-refractivity contribution < 1.29 is 4.79 Å². The molecule has 4 rings (SSSR count). The number of hydrogen-bond donors (Lipinski definition) is 0. The van der Waals surface area contributed by atoms with Gasteiger partial charge in [-0.2, -0.15) is 5.10 Å². The van der Waals surface area contributed by atoms with Crippen molar-refractivity contribution in [3.05, 3.63) is 40.0 Å². The Morgan fingerprint density at radius 2 is 2.08 bits per heavy atom. The van der Waals surface area contributed by atoms with Gasteiger partial charge in [0.1, 0.15) is 5.69 Å². The lowest BCUT2D eigenvalue weighted by molar-refractivity contribution is -0.140. The number of piperidine rings is 1. The molecule has 0 N–H and O–H groups in total. The van der Waals surface area contributed by atoms with Gasteiger partial charge >= 0.3 is 0 Å². The zero-order chi connectivity index (χ0) is 17.2. The summed E-state index contributed by atoms with van der Waals surface area (Å²) in [5.41, 5.74) is 0.774. The predicted octanol–water partition coefficient (Wildman–Crippen LogP) is 3.01. The second kappa shape index (κ2) is 7.12. The summed E-state index contributed by atoms with van der Waals surface area (Å²) in [5.74, 6) is 0.881. The monoisotopic (exact) mass is 357 g/mol. The van der Waals surface area contributed by atoms with E-state index in [9.17, 15) is 9.59 Å². The first-order valence-electron chi connectivity index (χ1n) is 9.11. The van der Waals surface area contributed by atoms with Crippen LogP contribution in [-0.4, -0.2) is 33.7 Å². The van der Waals surface area contributed by atoms with Gasteiger partial charge in [0.25, 0.3) is 5.56 Å². The summed E-state index contributed by atoms with van der Waals surface area (Å²) in [6, 6.07) is 7.39. The molecule has 1 atom stereocenters. The molecule has 0 bridgehead atoms. The summed E-state index contributed by atoms with van der Waals surface area (Å²) in [7, 11) is 0. The van der Waals surface area contributed by atoms with Crippen LogP contribution in [0.5, 0.6) is 0 Å². The zero-order valence-electron chi connectivity index (χ0n) is 14.3. The lowest BCUT2D eigenvalue weighted by Gasteiger charge is -2.37. The second-order valence-corrected chi connectivity index (χ2v) is 8.08. The molecular weight excluding hydrogens is 334 g/mol. The first-order chi connectivity index (χ1) is 12.2. The summed E-state index contributed by atoms with van der Waals surface area (Å²) < 4.78 is 1.58. The summed E-state index contributed by atoms with van der Waals surface area (Å²) >= 11 is 1.62. The number of hydrogen-bond acceptors (Lipinski definition) is 4. The van der Waals surface area contributed by atoms with Crippen LogP contribution >= 0.6 is 11.3 Å². The molecule has 1 aliphatic carbocycles. The number of aromatic nitrogens is 2. The summed E-state index contributed by atoms with van der Waals surface area (Å²) in [6.45, 7) is 2.21. The summed E-state index contributed by atoms with van der Waals surface area (Å²) in [4.78, 5) is 27.8. The predicted molar refractivity (Wildman–Crippen MR) is 98.5 cm³/mol. The Hall–Kier alpha value is -1.95. The molecule has 1 saturated heterocycles. The molecule has 2 aromatic heterocycles. The highest BCUT2D eigenvalue weighted by atomic mass is 32.1. The average Bonchev–Trinajstić information content (AvgIpc) is 3.10. The molecule has 0 radical (unpaired) electrons. The van der Waals surface area contributed by atoms with Gasteiger partial charge in [0.05, 0.1) is 4.88 Å². The molecule has 1 amide bonds. The van der Waals surface area contributed by atoms with E-state index in [2.05, 4.69) is 5.10 Å². The van der Waals surface area contributed by atoms with Gasteiger partial charge in [-0.15, -0.1) is 11.3 Å². The van der Waals surface area contributed by atoms with Crippen LogP contribution < -0.4 is 5.56 Å². The molecule has 2 aromatic rings. The van der Waals surface area contributed by atoms with Crippen molar-refractivity contribution in [2.24, 2.45) is 11.8 Å². The molecular formula is C19H23N3O2S. The maximum Gasteiger partial charge on any atom is 0.266 e. The Kier molecular flexibility index (Phi) is 4.70. The highest BCUT2D eigenvalue weighted by molar-refractivity contribution is 7.13. The molecule has 2 aliphatic rings. The average molecular weight is 357 g/mol. The van der Waals surface area contributed by atoms with Crippen LogP contribution in [-0.2, 0) is 11.3 Å². The van der Waals surface area contributed by atoms with Gasteiger partial charge in [-0.25, -0.2) is 4.68 Å². The molecule has 6 heteroatoms. The topological polar surface area (TPSA) is 55.2 Å². The molecule has 2 fully saturated rings. The fraction of sp³-hybridized carbons (Fsp3) is 0.526. The van der Waals surface area contributed by atoms with Gasteiger partial charge in [0.15, 0.2) is 0 Å². The highest BCUT2D eigenvalue weighted by Crippen LogP contribution is 2.30. The van der Waals surface area contributed by atoms with Crippen LogP contribution in [0.15, 0.2) is 34.4 Å². The first-order valence-corrected chi connectivity index (χ1v) is 9.99. The lowest BCUT2D eigenvalue weighted by Crippen LogP contribution is -2.46. The Balaban J connectivity index is 1.47. The second-order valence-electron chi connectivity index (χ2n) is 7.14. The fourth-order valence-electron chi connectivity index (χ4n) is 3.71. The fourth-order valence-corrected chi connectivity index (χ4v) is 4.40. The molecule has 25 heavy (non-hydrogen) atoms. The van der Waals surface area contributed by atoms with Gasteiger partial charge in [-0.1, -0.05) is 12.5 Å². The van der Waals surface area contributed by atoms with Crippen LogP contribution in [0.2, 0.25) is 0 Å². The molecule has 132 valence electrons. The lowest BCUT2D eigenvalue weighted by atomic mass is 9.83. The number of carbonyl (C=O) groups excluding carboxylic acids is 1. The third kappa shape index (κ3) is 3.54. The minimum absolute atomic E-state index is 0.0669. The smallest absolute Gasteiger partial charge is 0.266 e. The van der Waals surface area contributed by atoms with Crippen LogP contribution in [0.1, 0.15) is 32.1 Å². The van der Waals surface area contributed by atoms with Crippen molar-refractivity contribution in [1.29, 1.82) is 0 Å². The van der Waals surface area contributed by atoms with E-state index in [0.29, 0.717) is 18.4 Å². The minimum atomic E-state index is -0.0669. The largest absolute Gasteiger partial charge is 0.342 e. The van der Waals surface area contributed by atoms with Crippen LogP contribution in [0.25, 0.3) is 10.6 Å². The Morgan fingerprint density at radius 3 is 2.80 bits per heavy atom. The maximum absolute atomic E-state index is 12.5. The zero-order valence-corrected chi connectivity index (χ0v) is 15.1. The summed E-state index contributed by atoms with van der Waals surface area (Å²) in [5, 5.41) is 6.56. The van der Waals surface area contributed by atoms with E-state index in [-0.39, 0.29) is 11.5 Å². The van der Waals surface area contributed by atoms with E-state index in [1.54, 1.807) is 28.2 Å². The van der Waals surface area contributed by atoms with Crippen molar-refractivity contribution in [2.45, 2.75) is 38.6 Å². The first kappa shape index (κ1) is 16.5. The maximum atomic E-state index is 12.5. The van der Waals surface area contributed by atoms with E-state index in [1.807, 2.05) is 22.4 Å². The van der Waals surface area contributed by atoms with Gasteiger partial charge < -0.3 is 4.90 Å². The van der Waals surface area contributed by atoms with Crippen LogP contribution in [0.4, 0.5) is 0 Å². The molecule has 0 unspecified atom stereocenters. The Morgan fingerprint density at radius 1 is 1.20 bits per heavy atom. The summed E-state index contributed by atoms with van der Waals surface area (Å²) in [6.07, 6.45) is 5.34. The number of thiophene rings is 1. The Bertz CT molecular complexity index is 795. The van der Waals surface area contributed by atoms with Gasteiger partial charge in [-0.3, -0.25) is 9.59 Å². The van der Waals surface area contributed by atoms with E-state index in [1.165, 1.54) is 6.42 Å².